The van der Waals surface area contributed by atoms with E-state index in [0.29, 0.717) is 24.7 Å². The number of hydrogen-bond acceptors (Lipinski definition) is 5. The third-order valence-corrected chi connectivity index (χ3v) is 5.16. The van der Waals surface area contributed by atoms with Gasteiger partial charge in [0.1, 0.15) is 23.3 Å². The number of aromatic nitrogens is 4. The Morgan fingerprint density at radius 1 is 0.938 bits per heavy atom. The summed E-state index contributed by atoms with van der Waals surface area (Å²) in [6.07, 6.45) is 3.61. The molecule has 2 heterocycles. The Balaban J connectivity index is 1.40. The van der Waals surface area contributed by atoms with E-state index < -0.39 is 0 Å². The van der Waals surface area contributed by atoms with E-state index in [1.807, 2.05) is 91.3 Å². The highest BCUT2D eigenvalue weighted by molar-refractivity contribution is 5.87. The Labute approximate surface area is 187 Å². The van der Waals surface area contributed by atoms with Gasteiger partial charge in [0.25, 0.3) is 0 Å². The first-order valence-electron chi connectivity index (χ1n) is 10.6. The number of aryl methyl sites for hydroxylation is 2. The summed E-state index contributed by atoms with van der Waals surface area (Å²) in [6, 6.07) is 21.5. The average molecular weight is 427 g/mol. The lowest BCUT2D eigenvalue weighted by molar-refractivity contribution is -0.121. The number of carbonyl (C=O) groups is 1. The van der Waals surface area contributed by atoms with Crippen LogP contribution in [0.2, 0.25) is 0 Å². The maximum atomic E-state index is 13.1. The van der Waals surface area contributed by atoms with Gasteiger partial charge in [0.2, 0.25) is 5.91 Å². The molecule has 0 spiro atoms. The van der Waals surface area contributed by atoms with Crippen LogP contribution in [0.5, 0.6) is 0 Å². The quantitative estimate of drug-likeness (QED) is 0.420. The number of imidazole rings is 1. The lowest BCUT2D eigenvalue weighted by Gasteiger charge is -2.18. The number of carbonyl (C=O) groups excluding carboxylic acids is 1. The molecule has 0 fully saturated rings. The molecule has 32 heavy (non-hydrogen) atoms. The molecule has 0 bridgehead atoms. The number of nitrogens with one attached hydrogen (secondary N) is 2. The van der Waals surface area contributed by atoms with Gasteiger partial charge in [-0.25, -0.2) is 15.0 Å². The molecule has 0 unspecified atom stereocenters. The van der Waals surface area contributed by atoms with Gasteiger partial charge in [-0.2, -0.15) is 0 Å². The topological polar surface area (TPSA) is 84.7 Å². The van der Waals surface area contributed by atoms with Crippen LogP contribution in [0.25, 0.3) is 5.82 Å². The standard InChI is InChI=1S/C25H26N6O/c1-18-29-22(17-23(30-18)31-16-15-26-19(31)2)27-13-14-28-25(32)24(20-9-5-3-6-10-20)21-11-7-4-8-12-21/h3-12,15-17,24H,13-14H2,1-2H3,(H,28,32)(H,27,29,30). The van der Waals surface area contributed by atoms with Gasteiger partial charge in [0.15, 0.2) is 0 Å². The normalized spacial score (nSPS) is 10.8. The van der Waals surface area contributed by atoms with Gasteiger partial charge in [-0.3, -0.25) is 9.36 Å². The van der Waals surface area contributed by atoms with Crippen LogP contribution in [-0.4, -0.2) is 38.5 Å². The smallest absolute Gasteiger partial charge is 0.232 e. The molecule has 7 heteroatoms. The molecule has 7 nitrogen and oxygen atoms in total. The minimum absolute atomic E-state index is 0.0298. The highest BCUT2D eigenvalue weighted by atomic mass is 16.1. The maximum Gasteiger partial charge on any atom is 0.232 e. The predicted molar refractivity (Wildman–Crippen MR) is 125 cm³/mol. The van der Waals surface area contributed by atoms with Gasteiger partial charge in [-0.05, 0) is 25.0 Å². The van der Waals surface area contributed by atoms with Crippen molar-refractivity contribution < 1.29 is 4.79 Å². The third kappa shape index (κ3) is 5.00. The van der Waals surface area contributed by atoms with Crippen LogP contribution in [0, 0.1) is 13.8 Å². The van der Waals surface area contributed by atoms with Gasteiger partial charge in [-0.1, -0.05) is 60.7 Å². The molecule has 0 aliphatic rings. The second kappa shape index (κ2) is 9.87. The molecule has 2 aromatic heterocycles. The van der Waals surface area contributed by atoms with E-state index in [9.17, 15) is 4.79 Å². The van der Waals surface area contributed by atoms with Crippen molar-refractivity contribution >= 4 is 11.7 Å². The number of benzene rings is 2. The molecule has 2 N–H and O–H groups in total. The summed E-state index contributed by atoms with van der Waals surface area (Å²) in [5.41, 5.74) is 1.94. The summed E-state index contributed by atoms with van der Waals surface area (Å²) in [5, 5.41) is 6.34. The van der Waals surface area contributed by atoms with Crippen molar-refractivity contribution in [3.8, 4) is 5.82 Å². The zero-order valence-corrected chi connectivity index (χ0v) is 18.2. The van der Waals surface area contributed by atoms with Crippen molar-refractivity contribution in [3.05, 3.63) is 102 Å². The number of hydrogen-bond donors (Lipinski definition) is 2. The van der Waals surface area contributed by atoms with Crippen LogP contribution >= 0.6 is 0 Å². The van der Waals surface area contributed by atoms with E-state index in [1.165, 1.54) is 0 Å². The molecule has 0 atom stereocenters. The van der Waals surface area contributed by atoms with Crippen molar-refractivity contribution in [2.45, 2.75) is 19.8 Å². The molecule has 0 aliphatic carbocycles. The zero-order chi connectivity index (χ0) is 22.3. The van der Waals surface area contributed by atoms with Gasteiger partial charge in [0.05, 0.1) is 5.92 Å². The molecule has 0 saturated heterocycles. The monoisotopic (exact) mass is 426 g/mol. The highest BCUT2D eigenvalue weighted by Crippen LogP contribution is 2.24. The van der Waals surface area contributed by atoms with Crippen LogP contribution in [0.4, 0.5) is 5.82 Å². The third-order valence-electron chi connectivity index (χ3n) is 5.16. The summed E-state index contributed by atoms with van der Waals surface area (Å²) in [5.74, 6) is 2.60. The Hall–Kier alpha value is -4.00. The molecule has 4 aromatic rings. The molecule has 0 radical (unpaired) electrons. The second-order valence-electron chi connectivity index (χ2n) is 7.48. The molecule has 0 saturated carbocycles. The van der Waals surface area contributed by atoms with Crippen LogP contribution in [0.3, 0.4) is 0 Å². The van der Waals surface area contributed by atoms with Crippen LogP contribution in [-0.2, 0) is 4.79 Å². The number of nitrogens with zero attached hydrogens (tertiary/aromatic N) is 4. The second-order valence-corrected chi connectivity index (χ2v) is 7.48. The SMILES string of the molecule is Cc1nc(NCCNC(=O)C(c2ccccc2)c2ccccc2)cc(-n2ccnc2C)n1. The lowest BCUT2D eigenvalue weighted by atomic mass is 9.90. The van der Waals surface area contributed by atoms with E-state index in [2.05, 4.69) is 25.6 Å². The average Bonchev–Trinajstić information content (AvgIpc) is 3.24. The van der Waals surface area contributed by atoms with Crippen LogP contribution in [0.1, 0.15) is 28.7 Å². The molecule has 162 valence electrons. The lowest BCUT2D eigenvalue weighted by Crippen LogP contribution is -2.33. The van der Waals surface area contributed by atoms with Crippen LogP contribution in [0.15, 0.2) is 79.1 Å². The summed E-state index contributed by atoms with van der Waals surface area (Å²) in [4.78, 5) is 26.3. The zero-order valence-electron chi connectivity index (χ0n) is 18.2. The Morgan fingerprint density at radius 3 is 2.19 bits per heavy atom. The van der Waals surface area contributed by atoms with Crippen molar-refractivity contribution in [3.63, 3.8) is 0 Å². The molecule has 4 rings (SSSR count). The molecular weight excluding hydrogens is 400 g/mol. The number of rotatable bonds is 8. The molecule has 2 aromatic carbocycles. The van der Waals surface area contributed by atoms with Crippen molar-refractivity contribution in [2.24, 2.45) is 0 Å². The number of amides is 1. The first kappa shape index (κ1) is 21.2. The van der Waals surface area contributed by atoms with E-state index in [-0.39, 0.29) is 11.8 Å². The fourth-order valence-corrected chi connectivity index (χ4v) is 3.65. The van der Waals surface area contributed by atoms with Gasteiger partial charge in [0, 0.05) is 31.5 Å². The minimum atomic E-state index is -0.352. The van der Waals surface area contributed by atoms with E-state index in [1.54, 1.807) is 6.20 Å². The van der Waals surface area contributed by atoms with E-state index in [4.69, 9.17) is 0 Å². The summed E-state index contributed by atoms with van der Waals surface area (Å²) >= 11 is 0. The Morgan fingerprint density at radius 2 is 1.59 bits per heavy atom. The van der Waals surface area contributed by atoms with Crippen LogP contribution < -0.4 is 10.6 Å². The molecular formula is C25H26N6O. The van der Waals surface area contributed by atoms with Gasteiger partial charge < -0.3 is 10.6 Å². The molecule has 1 amide bonds. The van der Waals surface area contributed by atoms with Gasteiger partial charge in [-0.15, -0.1) is 0 Å². The largest absolute Gasteiger partial charge is 0.368 e. The maximum absolute atomic E-state index is 13.1. The van der Waals surface area contributed by atoms with Crippen molar-refractivity contribution in [1.82, 2.24) is 24.8 Å². The fourth-order valence-electron chi connectivity index (χ4n) is 3.65. The fraction of sp³-hybridized carbons (Fsp3) is 0.200. The first-order valence-corrected chi connectivity index (χ1v) is 10.6. The molecule has 0 aliphatic heterocycles. The summed E-state index contributed by atoms with van der Waals surface area (Å²) in [6.45, 7) is 4.79. The van der Waals surface area contributed by atoms with Crippen molar-refractivity contribution in [2.75, 3.05) is 18.4 Å². The summed E-state index contributed by atoms with van der Waals surface area (Å²) < 4.78 is 1.91. The first-order chi connectivity index (χ1) is 15.6. The Bertz CT molecular complexity index is 1130. The van der Waals surface area contributed by atoms with Gasteiger partial charge >= 0.3 is 0 Å². The predicted octanol–water partition coefficient (Wildman–Crippen LogP) is 3.64. The van der Waals surface area contributed by atoms with E-state index in [0.717, 1.165) is 22.8 Å². The minimum Gasteiger partial charge on any atom is -0.368 e. The van der Waals surface area contributed by atoms with Crippen molar-refractivity contribution in [1.29, 1.82) is 0 Å². The Kier molecular flexibility index (Phi) is 6.55. The highest BCUT2D eigenvalue weighted by Gasteiger charge is 2.22. The number of anilines is 1. The summed E-state index contributed by atoms with van der Waals surface area (Å²) in [7, 11) is 0. The van der Waals surface area contributed by atoms with E-state index >= 15 is 0 Å².